The zero-order valence-corrected chi connectivity index (χ0v) is 12.4. The molecule has 1 aliphatic heterocycles. The molecule has 2 unspecified atom stereocenters. The van der Waals surface area contributed by atoms with Crippen molar-refractivity contribution in [2.45, 2.75) is 51.5 Å². The molecule has 116 valence electrons. The number of carboxylic acid groups (broad SMARTS) is 1. The number of aliphatic carboxylic acids is 1. The standard InChI is InChI=1S/C15H22N2O4/c1-10(2)20-14-11(4-3-7-17-14)8-16-9-12-5-6-13(21-12)15(18)19/h3-4,7,10,12-13,16H,5-6,8-9H2,1-2H3,(H,18,19). The Morgan fingerprint density at radius 1 is 1.57 bits per heavy atom. The maximum atomic E-state index is 10.8. The fraction of sp³-hybridized carbons (Fsp3) is 0.600. The summed E-state index contributed by atoms with van der Waals surface area (Å²) in [6.07, 6.45) is 2.43. The van der Waals surface area contributed by atoms with Crippen LogP contribution in [0, 0.1) is 0 Å². The van der Waals surface area contributed by atoms with Crippen molar-refractivity contribution in [1.29, 1.82) is 0 Å². The second-order valence-corrected chi connectivity index (χ2v) is 5.43. The molecule has 2 heterocycles. The molecule has 1 aromatic rings. The van der Waals surface area contributed by atoms with Crippen molar-refractivity contribution in [1.82, 2.24) is 10.3 Å². The van der Waals surface area contributed by atoms with Crippen LogP contribution in [0.15, 0.2) is 18.3 Å². The van der Waals surface area contributed by atoms with E-state index in [9.17, 15) is 4.79 Å². The van der Waals surface area contributed by atoms with Crippen molar-refractivity contribution >= 4 is 5.97 Å². The summed E-state index contributed by atoms with van der Waals surface area (Å²) >= 11 is 0. The van der Waals surface area contributed by atoms with Crippen molar-refractivity contribution in [2.75, 3.05) is 6.54 Å². The first kappa shape index (κ1) is 15.7. The molecule has 1 aliphatic rings. The lowest BCUT2D eigenvalue weighted by molar-refractivity contribution is -0.149. The van der Waals surface area contributed by atoms with Gasteiger partial charge in [-0.3, -0.25) is 0 Å². The SMILES string of the molecule is CC(C)Oc1ncccc1CNCC1CCC(C(=O)O)O1. The van der Waals surface area contributed by atoms with E-state index in [0.29, 0.717) is 25.4 Å². The lowest BCUT2D eigenvalue weighted by Crippen LogP contribution is -2.28. The maximum absolute atomic E-state index is 10.8. The number of hydrogen-bond acceptors (Lipinski definition) is 5. The van der Waals surface area contributed by atoms with Crippen LogP contribution in [0.4, 0.5) is 0 Å². The van der Waals surface area contributed by atoms with E-state index >= 15 is 0 Å². The lowest BCUT2D eigenvalue weighted by Gasteiger charge is -2.15. The van der Waals surface area contributed by atoms with Gasteiger partial charge in [-0.1, -0.05) is 6.07 Å². The van der Waals surface area contributed by atoms with Crippen molar-refractivity contribution in [2.24, 2.45) is 0 Å². The summed E-state index contributed by atoms with van der Waals surface area (Å²) in [5.74, 6) is -0.242. The quantitative estimate of drug-likeness (QED) is 0.795. The molecule has 2 atom stereocenters. The average molecular weight is 294 g/mol. The van der Waals surface area contributed by atoms with Gasteiger partial charge in [0, 0.05) is 24.8 Å². The zero-order chi connectivity index (χ0) is 15.2. The van der Waals surface area contributed by atoms with Gasteiger partial charge in [-0.05, 0) is 32.8 Å². The molecule has 6 nitrogen and oxygen atoms in total. The summed E-state index contributed by atoms with van der Waals surface area (Å²) < 4.78 is 11.1. The molecule has 0 radical (unpaired) electrons. The molecule has 0 bridgehead atoms. The Kier molecular flexibility index (Phi) is 5.52. The van der Waals surface area contributed by atoms with Crippen LogP contribution < -0.4 is 10.1 Å². The number of aromatic nitrogens is 1. The zero-order valence-electron chi connectivity index (χ0n) is 12.4. The van der Waals surface area contributed by atoms with Gasteiger partial charge >= 0.3 is 5.97 Å². The first-order valence-electron chi connectivity index (χ1n) is 7.25. The van der Waals surface area contributed by atoms with Crippen molar-refractivity contribution in [3.63, 3.8) is 0 Å². The van der Waals surface area contributed by atoms with E-state index in [1.54, 1.807) is 6.20 Å². The number of pyridine rings is 1. The van der Waals surface area contributed by atoms with Crippen LogP contribution in [0.25, 0.3) is 0 Å². The highest BCUT2D eigenvalue weighted by molar-refractivity contribution is 5.72. The normalized spacial score (nSPS) is 21.7. The van der Waals surface area contributed by atoms with Gasteiger partial charge < -0.3 is 19.9 Å². The highest BCUT2D eigenvalue weighted by Crippen LogP contribution is 2.20. The van der Waals surface area contributed by atoms with Crippen LogP contribution >= 0.6 is 0 Å². The Morgan fingerprint density at radius 2 is 2.38 bits per heavy atom. The van der Waals surface area contributed by atoms with E-state index < -0.39 is 12.1 Å². The Morgan fingerprint density at radius 3 is 3.05 bits per heavy atom. The molecular formula is C15H22N2O4. The summed E-state index contributed by atoms with van der Waals surface area (Å²) in [4.78, 5) is 15.1. The van der Waals surface area contributed by atoms with Crippen LogP contribution in [-0.2, 0) is 16.1 Å². The third-order valence-corrected chi connectivity index (χ3v) is 3.27. The third-order valence-electron chi connectivity index (χ3n) is 3.27. The van der Waals surface area contributed by atoms with E-state index in [0.717, 1.165) is 12.0 Å². The van der Waals surface area contributed by atoms with E-state index in [1.165, 1.54) is 0 Å². The molecule has 1 saturated heterocycles. The summed E-state index contributed by atoms with van der Waals surface area (Å²) in [5, 5.41) is 12.2. The number of ether oxygens (including phenoxy) is 2. The number of carbonyl (C=O) groups is 1. The predicted octanol–water partition coefficient (Wildman–Crippen LogP) is 1.59. The summed E-state index contributed by atoms with van der Waals surface area (Å²) in [7, 11) is 0. The van der Waals surface area contributed by atoms with E-state index in [4.69, 9.17) is 14.6 Å². The van der Waals surface area contributed by atoms with Crippen molar-refractivity contribution in [3.8, 4) is 5.88 Å². The van der Waals surface area contributed by atoms with Gasteiger partial charge in [0.15, 0.2) is 6.10 Å². The topological polar surface area (TPSA) is 80.7 Å². The number of nitrogens with one attached hydrogen (secondary N) is 1. The Balaban J connectivity index is 1.80. The predicted molar refractivity (Wildman–Crippen MR) is 77.2 cm³/mol. The molecule has 21 heavy (non-hydrogen) atoms. The fourth-order valence-corrected chi connectivity index (χ4v) is 2.29. The molecule has 0 spiro atoms. The summed E-state index contributed by atoms with van der Waals surface area (Å²) in [6.45, 7) is 5.17. The van der Waals surface area contributed by atoms with E-state index in [-0.39, 0.29) is 12.2 Å². The van der Waals surface area contributed by atoms with E-state index in [1.807, 2.05) is 26.0 Å². The van der Waals surface area contributed by atoms with Crippen molar-refractivity contribution < 1.29 is 19.4 Å². The number of nitrogens with zero attached hydrogens (tertiary/aromatic N) is 1. The van der Waals surface area contributed by atoms with Crippen LogP contribution in [-0.4, -0.2) is 40.9 Å². The van der Waals surface area contributed by atoms with Gasteiger partial charge in [-0.25, -0.2) is 9.78 Å². The lowest BCUT2D eigenvalue weighted by atomic mass is 10.2. The molecule has 2 rings (SSSR count). The first-order valence-corrected chi connectivity index (χ1v) is 7.25. The van der Waals surface area contributed by atoms with Crippen LogP contribution in [0.2, 0.25) is 0 Å². The molecular weight excluding hydrogens is 272 g/mol. The molecule has 1 fully saturated rings. The highest BCUT2D eigenvalue weighted by atomic mass is 16.5. The smallest absolute Gasteiger partial charge is 0.332 e. The number of hydrogen-bond donors (Lipinski definition) is 2. The molecule has 1 aromatic heterocycles. The minimum absolute atomic E-state index is 0.0442. The second kappa shape index (κ2) is 7.38. The third kappa shape index (κ3) is 4.68. The molecule has 0 saturated carbocycles. The number of carboxylic acids is 1. The van der Waals surface area contributed by atoms with Gasteiger partial charge in [0.25, 0.3) is 0 Å². The Bertz CT molecular complexity index is 478. The highest BCUT2D eigenvalue weighted by Gasteiger charge is 2.29. The van der Waals surface area contributed by atoms with Gasteiger partial charge in [0.2, 0.25) is 5.88 Å². The minimum Gasteiger partial charge on any atom is -0.479 e. The Labute approximate surface area is 124 Å². The van der Waals surface area contributed by atoms with Gasteiger partial charge in [0.05, 0.1) is 12.2 Å². The van der Waals surface area contributed by atoms with Gasteiger partial charge in [0.1, 0.15) is 0 Å². The Hall–Kier alpha value is -1.66. The molecule has 0 aromatic carbocycles. The van der Waals surface area contributed by atoms with E-state index in [2.05, 4.69) is 10.3 Å². The summed E-state index contributed by atoms with van der Waals surface area (Å²) in [6, 6.07) is 3.84. The first-order chi connectivity index (χ1) is 10.1. The fourth-order valence-electron chi connectivity index (χ4n) is 2.29. The van der Waals surface area contributed by atoms with Gasteiger partial charge in [-0.2, -0.15) is 0 Å². The number of rotatable bonds is 7. The maximum Gasteiger partial charge on any atom is 0.332 e. The van der Waals surface area contributed by atoms with Gasteiger partial charge in [-0.15, -0.1) is 0 Å². The summed E-state index contributed by atoms with van der Waals surface area (Å²) in [5.41, 5.74) is 0.985. The molecule has 0 aliphatic carbocycles. The average Bonchev–Trinajstić information content (AvgIpc) is 2.89. The van der Waals surface area contributed by atoms with Crippen LogP contribution in [0.1, 0.15) is 32.3 Å². The molecule has 2 N–H and O–H groups in total. The monoisotopic (exact) mass is 294 g/mol. The van der Waals surface area contributed by atoms with Crippen LogP contribution in [0.5, 0.6) is 5.88 Å². The molecule has 6 heteroatoms. The minimum atomic E-state index is -0.877. The van der Waals surface area contributed by atoms with Crippen molar-refractivity contribution in [3.05, 3.63) is 23.9 Å². The molecule has 0 amide bonds. The van der Waals surface area contributed by atoms with Crippen LogP contribution in [0.3, 0.4) is 0 Å². The largest absolute Gasteiger partial charge is 0.479 e. The second-order valence-electron chi connectivity index (χ2n) is 5.43.